The molecule has 2 rings (SSSR count). The number of aromatic carboxylic acids is 1. The molecular formula is C20H26N2O7S. The van der Waals surface area contributed by atoms with Crippen molar-refractivity contribution in [3.05, 3.63) is 47.5 Å². The molecule has 10 heteroatoms. The van der Waals surface area contributed by atoms with Crippen LogP contribution in [-0.4, -0.2) is 60.5 Å². The molecule has 0 spiro atoms. The monoisotopic (exact) mass is 438 g/mol. The molecule has 0 fully saturated rings. The minimum Gasteiger partial charge on any atom is -0.493 e. The highest BCUT2D eigenvalue weighted by molar-refractivity contribution is 7.89. The van der Waals surface area contributed by atoms with Crippen molar-refractivity contribution in [2.75, 3.05) is 46.3 Å². The molecular weight excluding hydrogens is 412 g/mol. The first-order valence-electron chi connectivity index (χ1n) is 9.13. The van der Waals surface area contributed by atoms with E-state index in [1.54, 1.807) is 12.1 Å². The molecule has 3 N–H and O–H groups in total. The van der Waals surface area contributed by atoms with Crippen LogP contribution in [0.5, 0.6) is 11.5 Å². The maximum atomic E-state index is 12.9. The number of carboxylic acids is 1. The summed E-state index contributed by atoms with van der Waals surface area (Å²) < 4.78 is 43.6. The first-order valence-corrected chi connectivity index (χ1v) is 10.6. The van der Waals surface area contributed by atoms with E-state index in [2.05, 4.69) is 10.0 Å². The Labute approximate surface area is 176 Å². The number of sulfonamides is 1. The van der Waals surface area contributed by atoms with Gasteiger partial charge in [-0.1, -0.05) is 6.07 Å². The minimum absolute atomic E-state index is 0.118. The lowest BCUT2D eigenvalue weighted by Gasteiger charge is -2.14. The van der Waals surface area contributed by atoms with E-state index in [1.165, 1.54) is 33.5 Å². The molecule has 0 atom stereocenters. The van der Waals surface area contributed by atoms with E-state index in [1.807, 2.05) is 6.07 Å². The van der Waals surface area contributed by atoms with Crippen LogP contribution >= 0.6 is 0 Å². The summed E-state index contributed by atoms with van der Waals surface area (Å²) in [4.78, 5) is 11.2. The number of nitrogens with one attached hydrogen (secondary N) is 2. The van der Waals surface area contributed by atoms with Crippen LogP contribution in [0.25, 0.3) is 0 Å². The topological polar surface area (TPSA) is 123 Å². The molecule has 0 saturated carbocycles. The van der Waals surface area contributed by atoms with Crippen LogP contribution in [0.15, 0.2) is 41.3 Å². The number of rotatable bonds is 12. The molecule has 0 aromatic heterocycles. The zero-order valence-corrected chi connectivity index (χ0v) is 17.9. The van der Waals surface area contributed by atoms with Crippen LogP contribution < -0.4 is 19.5 Å². The van der Waals surface area contributed by atoms with Gasteiger partial charge in [-0.05, 0) is 42.3 Å². The lowest BCUT2D eigenvalue weighted by Crippen LogP contribution is -2.27. The molecule has 30 heavy (non-hydrogen) atoms. The number of hydrogen-bond donors (Lipinski definition) is 3. The molecule has 0 heterocycles. The van der Waals surface area contributed by atoms with Crippen molar-refractivity contribution in [1.82, 2.24) is 4.72 Å². The van der Waals surface area contributed by atoms with E-state index >= 15 is 0 Å². The summed E-state index contributed by atoms with van der Waals surface area (Å²) >= 11 is 0. The summed E-state index contributed by atoms with van der Waals surface area (Å²) in [6.07, 6.45) is 0.407. The van der Waals surface area contributed by atoms with Gasteiger partial charge in [-0.2, -0.15) is 0 Å². The van der Waals surface area contributed by atoms with Crippen molar-refractivity contribution >= 4 is 21.7 Å². The number of hydrogen-bond acceptors (Lipinski definition) is 7. The highest BCUT2D eigenvalue weighted by Crippen LogP contribution is 2.28. The second kappa shape index (κ2) is 10.8. The van der Waals surface area contributed by atoms with Crippen LogP contribution in [-0.2, 0) is 21.2 Å². The Kier molecular flexibility index (Phi) is 8.46. The number of carboxylic acid groups (broad SMARTS) is 1. The fourth-order valence-electron chi connectivity index (χ4n) is 2.76. The zero-order chi connectivity index (χ0) is 22.1. The average Bonchev–Trinajstić information content (AvgIpc) is 2.73. The average molecular weight is 439 g/mol. The largest absolute Gasteiger partial charge is 0.493 e. The second-order valence-electron chi connectivity index (χ2n) is 6.27. The van der Waals surface area contributed by atoms with Gasteiger partial charge in [-0.15, -0.1) is 0 Å². The molecule has 0 radical (unpaired) electrons. The van der Waals surface area contributed by atoms with Crippen LogP contribution in [0.2, 0.25) is 0 Å². The van der Waals surface area contributed by atoms with Gasteiger partial charge >= 0.3 is 5.97 Å². The number of anilines is 1. The molecule has 0 aliphatic carbocycles. The standard InChI is InChI=1S/C20H26N2O7S/c1-27-11-10-21-16-6-5-15(20(23)24)13-19(16)30(25,26)22-9-8-14-4-7-17(28-2)18(12-14)29-3/h4-7,12-13,21-22H,8-11H2,1-3H3,(H,23,24). The normalized spacial score (nSPS) is 11.2. The van der Waals surface area contributed by atoms with Crippen LogP contribution in [0, 0.1) is 0 Å². The van der Waals surface area contributed by atoms with Gasteiger partial charge in [0.2, 0.25) is 10.0 Å². The van der Waals surface area contributed by atoms with Crippen LogP contribution in [0.1, 0.15) is 15.9 Å². The van der Waals surface area contributed by atoms with Crippen molar-refractivity contribution in [1.29, 1.82) is 0 Å². The minimum atomic E-state index is -3.96. The lowest BCUT2D eigenvalue weighted by atomic mass is 10.1. The van der Waals surface area contributed by atoms with Gasteiger partial charge in [0.05, 0.1) is 32.1 Å². The molecule has 0 bridgehead atoms. The Morgan fingerprint density at radius 1 is 1.00 bits per heavy atom. The number of methoxy groups -OCH3 is 3. The second-order valence-corrected chi connectivity index (χ2v) is 8.01. The van der Waals surface area contributed by atoms with Gasteiger partial charge in [0.1, 0.15) is 4.90 Å². The number of ether oxygens (including phenoxy) is 3. The lowest BCUT2D eigenvalue weighted by molar-refractivity contribution is 0.0696. The maximum Gasteiger partial charge on any atom is 0.335 e. The fourth-order valence-corrected chi connectivity index (χ4v) is 3.99. The van der Waals surface area contributed by atoms with Gasteiger partial charge in [0.25, 0.3) is 0 Å². The summed E-state index contributed by atoms with van der Waals surface area (Å²) in [5.41, 5.74) is 1.04. The molecule has 2 aromatic rings. The quantitative estimate of drug-likeness (QED) is 0.430. The van der Waals surface area contributed by atoms with E-state index in [4.69, 9.17) is 14.2 Å². The molecule has 9 nitrogen and oxygen atoms in total. The summed E-state index contributed by atoms with van der Waals surface area (Å²) in [5.74, 6) is -0.0732. The fraction of sp³-hybridized carbons (Fsp3) is 0.350. The third-order valence-electron chi connectivity index (χ3n) is 4.29. The summed E-state index contributed by atoms with van der Waals surface area (Å²) in [7, 11) is 0.638. The molecule has 0 aliphatic rings. The first-order chi connectivity index (χ1) is 14.3. The SMILES string of the molecule is COCCNc1ccc(C(=O)O)cc1S(=O)(=O)NCCc1ccc(OC)c(OC)c1. The van der Waals surface area contributed by atoms with Gasteiger partial charge in [-0.25, -0.2) is 17.9 Å². The Balaban J connectivity index is 2.17. The van der Waals surface area contributed by atoms with Gasteiger partial charge in [0.15, 0.2) is 11.5 Å². The number of carbonyl (C=O) groups is 1. The third kappa shape index (κ3) is 6.09. The molecule has 164 valence electrons. The van der Waals surface area contributed by atoms with Crippen LogP contribution in [0.3, 0.4) is 0 Å². The predicted molar refractivity (Wildman–Crippen MR) is 112 cm³/mol. The zero-order valence-electron chi connectivity index (χ0n) is 17.1. The van der Waals surface area contributed by atoms with Crippen molar-refractivity contribution in [3.63, 3.8) is 0 Å². The Hall–Kier alpha value is -2.82. The van der Waals surface area contributed by atoms with Crippen molar-refractivity contribution < 1.29 is 32.5 Å². The van der Waals surface area contributed by atoms with E-state index in [9.17, 15) is 18.3 Å². The Morgan fingerprint density at radius 3 is 2.37 bits per heavy atom. The highest BCUT2D eigenvalue weighted by Gasteiger charge is 2.20. The highest BCUT2D eigenvalue weighted by atomic mass is 32.2. The third-order valence-corrected chi connectivity index (χ3v) is 5.79. The summed E-state index contributed by atoms with van der Waals surface area (Å²) in [5, 5.41) is 12.2. The van der Waals surface area contributed by atoms with Gasteiger partial charge in [-0.3, -0.25) is 0 Å². The van der Waals surface area contributed by atoms with E-state index < -0.39 is 16.0 Å². The molecule has 0 aliphatic heterocycles. The maximum absolute atomic E-state index is 12.9. The predicted octanol–water partition coefficient (Wildman–Crippen LogP) is 1.98. The molecule has 2 aromatic carbocycles. The summed E-state index contributed by atoms with van der Waals surface area (Å²) in [6, 6.07) is 9.25. The Bertz CT molecular complexity index is 977. The van der Waals surface area contributed by atoms with E-state index in [-0.39, 0.29) is 17.0 Å². The van der Waals surface area contributed by atoms with E-state index in [0.29, 0.717) is 36.8 Å². The molecule has 0 saturated heterocycles. The van der Waals surface area contributed by atoms with Crippen LogP contribution in [0.4, 0.5) is 5.69 Å². The first kappa shape index (κ1) is 23.5. The van der Waals surface area contributed by atoms with Gasteiger partial charge < -0.3 is 24.6 Å². The smallest absolute Gasteiger partial charge is 0.335 e. The van der Waals surface area contributed by atoms with Crippen molar-refractivity contribution in [2.45, 2.75) is 11.3 Å². The van der Waals surface area contributed by atoms with E-state index in [0.717, 1.165) is 11.6 Å². The summed E-state index contributed by atoms with van der Waals surface area (Å²) in [6.45, 7) is 0.858. The molecule has 0 amide bonds. The Morgan fingerprint density at radius 2 is 1.73 bits per heavy atom. The van der Waals surface area contributed by atoms with Crippen molar-refractivity contribution in [2.24, 2.45) is 0 Å². The molecule has 0 unspecified atom stereocenters. The van der Waals surface area contributed by atoms with Crippen molar-refractivity contribution in [3.8, 4) is 11.5 Å². The van der Waals surface area contributed by atoms with Gasteiger partial charge in [0, 0.05) is 20.2 Å². The number of benzene rings is 2.